The van der Waals surface area contributed by atoms with Gasteiger partial charge in [0.15, 0.2) is 0 Å². The number of hydrogen-bond donors (Lipinski definition) is 2. The number of benzene rings is 1. The van der Waals surface area contributed by atoms with Gasteiger partial charge in [-0.3, -0.25) is 0 Å². The Bertz CT molecular complexity index is 231. The monoisotopic (exact) mass is 156 g/mol. The Morgan fingerprint density at radius 3 is 2.40 bits per heavy atom. The quantitative estimate of drug-likeness (QED) is 0.563. The average Bonchev–Trinajstić information content (AvgIpc) is 1.93. The largest absolute Gasteiger partial charge is 0.397 e. The zero-order valence-corrected chi connectivity index (χ0v) is 6.44. The summed E-state index contributed by atoms with van der Waals surface area (Å²) >= 11 is 5.78. The molecule has 0 aromatic heterocycles. The molecule has 54 valence electrons. The van der Waals surface area contributed by atoms with Crippen LogP contribution in [-0.4, -0.2) is 0 Å². The molecule has 1 aromatic rings. The fraction of sp³-hybridized carbons (Fsp3) is 0.143. The van der Waals surface area contributed by atoms with Gasteiger partial charge < -0.3 is 11.5 Å². The molecule has 10 heavy (non-hydrogen) atoms. The molecular formula is C7H9ClN2. The third kappa shape index (κ3) is 1.02. The molecule has 1 aromatic carbocycles. The molecule has 0 radical (unpaired) electrons. The number of aryl methyl sites for hydroxylation is 1. The number of nitrogen functional groups attached to an aromatic ring is 2. The lowest BCUT2D eigenvalue weighted by Crippen LogP contribution is -1.95. The normalized spacial score (nSPS) is 9.80. The smallest absolute Gasteiger partial charge is 0.0739 e. The molecule has 0 aliphatic rings. The number of hydrogen-bond acceptors (Lipinski definition) is 2. The highest BCUT2D eigenvalue weighted by Gasteiger charge is 2.01. The van der Waals surface area contributed by atoms with Crippen molar-refractivity contribution < 1.29 is 0 Å². The lowest BCUT2D eigenvalue weighted by molar-refractivity contribution is 1.47. The van der Waals surface area contributed by atoms with Crippen LogP contribution in [0.4, 0.5) is 11.4 Å². The summed E-state index contributed by atoms with van der Waals surface area (Å²) in [7, 11) is 0. The second kappa shape index (κ2) is 2.39. The van der Waals surface area contributed by atoms with E-state index in [-0.39, 0.29) is 0 Å². The topological polar surface area (TPSA) is 52.0 Å². The number of halogens is 1. The molecule has 3 heteroatoms. The summed E-state index contributed by atoms with van der Waals surface area (Å²) in [5.74, 6) is 0. The van der Waals surface area contributed by atoms with Gasteiger partial charge in [-0.1, -0.05) is 17.7 Å². The van der Waals surface area contributed by atoms with Gasteiger partial charge in [0.1, 0.15) is 0 Å². The molecule has 0 atom stereocenters. The molecule has 1 rings (SSSR count). The summed E-state index contributed by atoms with van der Waals surface area (Å²) in [6, 6.07) is 3.59. The molecule has 0 aliphatic carbocycles. The fourth-order valence-electron chi connectivity index (χ4n) is 0.717. The van der Waals surface area contributed by atoms with Gasteiger partial charge in [-0.05, 0) is 18.6 Å². The van der Waals surface area contributed by atoms with E-state index in [1.165, 1.54) is 0 Å². The van der Waals surface area contributed by atoms with Crippen molar-refractivity contribution in [1.82, 2.24) is 0 Å². The average molecular weight is 157 g/mol. The molecule has 0 fully saturated rings. The summed E-state index contributed by atoms with van der Waals surface area (Å²) < 4.78 is 0. The van der Waals surface area contributed by atoms with E-state index >= 15 is 0 Å². The predicted octanol–water partition coefficient (Wildman–Crippen LogP) is 1.81. The predicted molar refractivity (Wildman–Crippen MR) is 45.0 cm³/mol. The van der Waals surface area contributed by atoms with Crippen molar-refractivity contribution in [2.75, 3.05) is 11.5 Å². The van der Waals surface area contributed by atoms with Crippen LogP contribution in [0.1, 0.15) is 5.56 Å². The first-order chi connectivity index (χ1) is 4.63. The minimum absolute atomic E-state index is 0.474. The van der Waals surface area contributed by atoms with Crippen molar-refractivity contribution in [3.05, 3.63) is 22.7 Å². The Balaban J connectivity index is 3.34. The first kappa shape index (κ1) is 7.22. The maximum Gasteiger partial charge on any atom is 0.0739 e. The molecule has 0 aliphatic heterocycles. The van der Waals surface area contributed by atoms with E-state index in [4.69, 9.17) is 23.1 Å². The van der Waals surface area contributed by atoms with E-state index in [9.17, 15) is 0 Å². The van der Waals surface area contributed by atoms with Gasteiger partial charge in [0, 0.05) is 0 Å². The maximum absolute atomic E-state index is 5.78. The van der Waals surface area contributed by atoms with Crippen LogP contribution < -0.4 is 11.5 Å². The summed E-state index contributed by atoms with van der Waals surface area (Å²) in [4.78, 5) is 0. The Hall–Kier alpha value is -0.890. The Morgan fingerprint density at radius 1 is 1.30 bits per heavy atom. The zero-order chi connectivity index (χ0) is 7.72. The van der Waals surface area contributed by atoms with Gasteiger partial charge >= 0.3 is 0 Å². The zero-order valence-electron chi connectivity index (χ0n) is 5.69. The van der Waals surface area contributed by atoms with Gasteiger partial charge in [0.05, 0.1) is 16.4 Å². The first-order valence-corrected chi connectivity index (χ1v) is 3.30. The van der Waals surface area contributed by atoms with Gasteiger partial charge in [0.25, 0.3) is 0 Å². The third-order valence-electron chi connectivity index (χ3n) is 1.41. The van der Waals surface area contributed by atoms with Crippen LogP contribution >= 0.6 is 11.6 Å². The highest BCUT2D eigenvalue weighted by atomic mass is 35.5. The van der Waals surface area contributed by atoms with Crippen LogP contribution in [0.2, 0.25) is 5.02 Å². The molecule has 0 unspecified atom stereocenters. The minimum Gasteiger partial charge on any atom is -0.397 e. The SMILES string of the molecule is Cc1ccc(N)c(N)c1Cl. The van der Waals surface area contributed by atoms with E-state index < -0.39 is 0 Å². The maximum atomic E-state index is 5.78. The molecule has 0 bridgehead atoms. The standard InChI is InChI=1S/C7H9ClN2/c1-4-2-3-5(9)7(10)6(4)8/h2-3H,9-10H2,1H3. The van der Waals surface area contributed by atoms with Crippen molar-refractivity contribution in [2.24, 2.45) is 0 Å². The molecule has 0 spiro atoms. The Labute approximate surface area is 64.8 Å². The van der Waals surface area contributed by atoms with Gasteiger partial charge in [0.2, 0.25) is 0 Å². The summed E-state index contributed by atoms with van der Waals surface area (Å²) in [5.41, 5.74) is 13.0. The molecule has 0 saturated carbocycles. The fourth-order valence-corrected chi connectivity index (χ4v) is 0.889. The van der Waals surface area contributed by atoms with Crippen molar-refractivity contribution in [3.63, 3.8) is 0 Å². The molecule has 4 N–H and O–H groups in total. The molecule has 0 heterocycles. The highest BCUT2D eigenvalue weighted by molar-refractivity contribution is 6.34. The van der Waals surface area contributed by atoms with Crippen LogP contribution in [0.25, 0.3) is 0 Å². The third-order valence-corrected chi connectivity index (χ3v) is 1.91. The van der Waals surface area contributed by atoms with Crippen LogP contribution in [-0.2, 0) is 0 Å². The molecule has 0 saturated heterocycles. The van der Waals surface area contributed by atoms with Gasteiger partial charge in [-0.25, -0.2) is 0 Å². The number of anilines is 2. The van der Waals surface area contributed by atoms with Crippen molar-refractivity contribution in [1.29, 1.82) is 0 Å². The summed E-state index contributed by atoms with van der Waals surface area (Å²) in [6.45, 7) is 1.89. The summed E-state index contributed by atoms with van der Waals surface area (Å²) in [5, 5.41) is 0.556. The van der Waals surface area contributed by atoms with Crippen LogP contribution in [0.5, 0.6) is 0 Å². The van der Waals surface area contributed by atoms with Crippen LogP contribution in [0, 0.1) is 6.92 Å². The first-order valence-electron chi connectivity index (χ1n) is 2.93. The molecular weight excluding hydrogens is 148 g/mol. The molecule has 0 amide bonds. The van der Waals surface area contributed by atoms with E-state index in [1.807, 2.05) is 13.0 Å². The van der Waals surface area contributed by atoms with E-state index in [1.54, 1.807) is 6.07 Å². The van der Waals surface area contributed by atoms with Crippen molar-refractivity contribution in [2.45, 2.75) is 6.92 Å². The molecule has 2 nitrogen and oxygen atoms in total. The highest BCUT2D eigenvalue weighted by Crippen LogP contribution is 2.27. The van der Waals surface area contributed by atoms with E-state index in [0.29, 0.717) is 16.4 Å². The van der Waals surface area contributed by atoms with E-state index in [0.717, 1.165) is 5.56 Å². The van der Waals surface area contributed by atoms with Crippen molar-refractivity contribution in [3.8, 4) is 0 Å². The van der Waals surface area contributed by atoms with Crippen LogP contribution in [0.3, 0.4) is 0 Å². The van der Waals surface area contributed by atoms with Crippen LogP contribution in [0.15, 0.2) is 12.1 Å². The summed E-state index contributed by atoms with van der Waals surface area (Å²) in [6.07, 6.45) is 0. The second-order valence-corrected chi connectivity index (χ2v) is 2.58. The second-order valence-electron chi connectivity index (χ2n) is 2.20. The minimum atomic E-state index is 0.474. The van der Waals surface area contributed by atoms with Gasteiger partial charge in [-0.15, -0.1) is 0 Å². The Kier molecular flexibility index (Phi) is 1.72. The number of nitrogens with two attached hydrogens (primary N) is 2. The van der Waals surface area contributed by atoms with Gasteiger partial charge in [-0.2, -0.15) is 0 Å². The Morgan fingerprint density at radius 2 is 1.90 bits per heavy atom. The lowest BCUT2D eigenvalue weighted by atomic mass is 10.2. The van der Waals surface area contributed by atoms with E-state index in [2.05, 4.69) is 0 Å². The number of rotatable bonds is 0. The van der Waals surface area contributed by atoms with Crippen molar-refractivity contribution >= 4 is 23.0 Å². The lowest BCUT2D eigenvalue weighted by Gasteiger charge is -2.03.